The Hall–Kier alpha value is -4.04. The number of benzene rings is 3. The van der Waals surface area contributed by atoms with Crippen molar-refractivity contribution in [2.45, 2.75) is 13.2 Å². The highest BCUT2D eigenvalue weighted by molar-refractivity contribution is 6.01. The quantitative estimate of drug-likeness (QED) is 0.448. The predicted octanol–water partition coefficient (Wildman–Crippen LogP) is 4.50. The molecule has 1 amide bonds. The topological polar surface area (TPSA) is 71.3 Å². The second-order valence-electron chi connectivity index (χ2n) is 6.52. The normalized spacial score (nSPS) is 10.7. The third-order valence-electron chi connectivity index (χ3n) is 4.40. The standard InChI is InChI=1S/C25H22N2O3/c1-29-24-15-21(12-13-23(24)30-18-20-10-6-3-7-11-20)14-22(16-26)25(28)27-17-19-8-4-2-5-9-19/h2-15H,17-18H2,1H3,(H,27,28)/b22-14+. The molecule has 0 saturated heterocycles. The number of amides is 1. The average molecular weight is 398 g/mol. The highest BCUT2D eigenvalue weighted by atomic mass is 16.5. The molecule has 0 radical (unpaired) electrons. The van der Waals surface area contributed by atoms with Gasteiger partial charge in [-0.1, -0.05) is 66.7 Å². The van der Waals surface area contributed by atoms with E-state index < -0.39 is 5.91 Å². The number of carbonyl (C=O) groups is 1. The van der Waals surface area contributed by atoms with Crippen LogP contribution < -0.4 is 14.8 Å². The molecule has 0 aliphatic rings. The summed E-state index contributed by atoms with van der Waals surface area (Å²) in [4.78, 5) is 12.4. The molecule has 0 atom stereocenters. The van der Waals surface area contributed by atoms with Crippen LogP contribution in [0.3, 0.4) is 0 Å². The van der Waals surface area contributed by atoms with Crippen molar-refractivity contribution in [2.24, 2.45) is 0 Å². The lowest BCUT2D eigenvalue weighted by molar-refractivity contribution is -0.117. The van der Waals surface area contributed by atoms with E-state index in [1.807, 2.05) is 66.7 Å². The van der Waals surface area contributed by atoms with Crippen molar-refractivity contribution in [1.29, 1.82) is 5.26 Å². The van der Waals surface area contributed by atoms with Crippen molar-refractivity contribution in [3.8, 4) is 17.6 Å². The van der Waals surface area contributed by atoms with Crippen LogP contribution in [-0.4, -0.2) is 13.0 Å². The van der Waals surface area contributed by atoms with Crippen LogP contribution in [-0.2, 0) is 17.9 Å². The second kappa shape index (κ2) is 10.5. The predicted molar refractivity (Wildman–Crippen MR) is 116 cm³/mol. The first-order chi connectivity index (χ1) is 14.7. The highest BCUT2D eigenvalue weighted by Crippen LogP contribution is 2.29. The number of nitrogens with zero attached hydrogens (tertiary/aromatic N) is 1. The van der Waals surface area contributed by atoms with Crippen LogP contribution in [0.15, 0.2) is 84.4 Å². The SMILES string of the molecule is COc1cc(/C=C(\C#N)C(=O)NCc2ccccc2)ccc1OCc1ccccc1. The smallest absolute Gasteiger partial charge is 0.262 e. The molecule has 0 spiro atoms. The Morgan fingerprint density at radius 2 is 1.63 bits per heavy atom. The minimum Gasteiger partial charge on any atom is -0.493 e. The average Bonchev–Trinajstić information content (AvgIpc) is 2.81. The van der Waals surface area contributed by atoms with Gasteiger partial charge < -0.3 is 14.8 Å². The molecule has 0 saturated carbocycles. The number of carbonyl (C=O) groups excluding carboxylic acids is 1. The number of nitrogens with one attached hydrogen (secondary N) is 1. The lowest BCUT2D eigenvalue weighted by atomic mass is 10.1. The molecular weight excluding hydrogens is 376 g/mol. The van der Waals surface area contributed by atoms with Crippen LogP contribution in [0.5, 0.6) is 11.5 Å². The van der Waals surface area contributed by atoms with Gasteiger partial charge >= 0.3 is 0 Å². The van der Waals surface area contributed by atoms with Gasteiger partial charge in [0, 0.05) is 6.54 Å². The van der Waals surface area contributed by atoms with Crippen molar-refractivity contribution >= 4 is 12.0 Å². The van der Waals surface area contributed by atoms with Gasteiger partial charge in [-0.25, -0.2) is 0 Å². The molecule has 0 aliphatic heterocycles. The van der Waals surface area contributed by atoms with E-state index in [0.29, 0.717) is 30.2 Å². The summed E-state index contributed by atoms with van der Waals surface area (Å²) in [6.45, 7) is 0.770. The number of methoxy groups -OCH3 is 1. The van der Waals surface area contributed by atoms with Gasteiger partial charge in [-0.3, -0.25) is 4.79 Å². The number of rotatable bonds is 8. The van der Waals surface area contributed by atoms with Gasteiger partial charge in [0.05, 0.1) is 7.11 Å². The maximum atomic E-state index is 12.4. The molecule has 3 aromatic rings. The summed E-state index contributed by atoms with van der Waals surface area (Å²) in [6.07, 6.45) is 1.53. The first-order valence-electron chi connectivity index (χ1n) is 9.48. The fourth-order valence-electron chi connectivity index (χ4n) is 2.82. The zero-order chi connectivity index (χ0) is 21.2. The van der Waals surface area contributed by atoms with Crippen LogP contribution in [0.25, 0.3) is 6.08 Å². The molecule has 3 rings (SSSR count). The van der Waals surface area contributed by atoms with E-state index in [4.69, 9.17) is 9.47 Å². The Labute approximate surface area is 176 Å². The Balaban J connectivity index is 1.69. The lowest BCUT2D eigenvalue weighted by Crippen LogP contribution is -2.23. The summed E-state index contributed by atoms with van der Waals surface area (Å²) >= 11 is 0. The third-order valence-corrected chi connectivity index (χ3v) is 4.40. The fourth-order valence-corrected chi connectivity index (χ4v) is 2.82. The summed E-state index contributed by atoms with van der Waals surface area (Å²) in [5.41, 5.74) is 2.70. The van der Waals surface area contributed by atoms with E-state index in [2.05, 4.69) is 5.32 Å². The van der Waals surface area contributed by atoms with Gasteiger partial charge in [-0.15, -0.1) is 0 Å². The Bertz CT molecular complexity index is 1050. The lowest BCUT2D eigenvalue weighted by Gasteiger charge is -2.11. The molecule has 0 heterocycles. The van der Waals surface area contributed by atoms with Crippen molar-refractivity contribution in [3.63, 3.8) is 0 Å². The number of nitriles is 1. The van der Waals surface area contributed by atoms with Crippen LogP contribution in [0.2, 0.25) is 0 Å². The third kappa shape index (κ3) is 5.73. The van der Waals surface area contributed by atoms with Crippen molar-refractivity contribution in [1.82, 2.24) is 5.32 Å². The van der Waals surface area contributed by atoms with Crippen LogP contribution in [0.4, 0.5) is 0 Å². The number of ether oxygens (including phenoxy) is 2. The largest absolute Gasteiger partial charge is 0.493 e. The van der Waals surface area contributed by atoms with E-state index in [9.17, 15) is 10.1 Å². The van der Waals surface area contributed by atoms with Crippen molar-refractivity contribution < 1.29 is 14.3 Å². The molecule has 3 aromatic carbocycles. The molecule has 0 fully saturated rings. The van der Waals surface area contributed by atoms with Gasteiger partial charge in [0.1, 0.15) is 18.2 Å². The van der Waals surface area contributed by atoms with E-state index in [1.165, 1.54) is 6.08 Å². The molecule has 30 heavy (non-hydrogen) atoms. The van der Waals surface area contributed by atoms with Gasteiger partial charge in [0.2, 0.25) is 0 Å². The summed E-state index contributed by atoms with van der Waals surface area (Å²) in [7, 11) is 1.55. The molecule has 5 nitrogen and oxygen atoms in total. The Morgan fingerprint density at radius 3 is 2.27 bits per heavy atom. The molecule has 0 bridgehead atoms. The minimum atomic E-state index is -0.426. The minimum absolute atomic E-state index is 0.0194. The summed E-state index contributed by atoms with van der Waals surface area (Å²) in [6, 6.07) is 26.6. The fraction of sp³-hybridized carbons (Fsp3) is 0.120. The summed E-state index contributed by atoms with van der Waals surface area (Å²) in [5, 5.41) is 12.2. The first kappa shape index (κ1) is 20.7. The van der Waals surface area contributed by atoms with E-state index in [0.717, 1.165) is 11.1 Å². The molecule has 150 valence electrons. The van der Waals surface area contributed by atoms with E-state index >= 15 is 0 Å². The van der Waals surface area contributed by atoms with E-state index in [-0.39, 0.29) is 5.57 Å². The molecule has 1 N–H and O–H groups in total. The molecule has 5 heteroatoms. The van der Waals surface area contributed by atoms with Gasteiger partial charge in [-0.2, -0.15) is 5.26 Å². The second-order valence-corrected chi connectivity index (χ2v) is 6.52. The molecular formula is C25H22N2O3. The van der Waals surface area contributed by atoms with Crippen LogP contribution >= 0.6 is 0 Å². The van der Waals surface area contributed by atoms with Crippen LogP contribution in [0.1, 0.15) is 16.7 Å². The Morgan fingerprint density at radius 1 is 0.967 bits per heavy atom. The van der Waals surface area contributed by atoms with Gasteiger partial charge in [0.15, 0.2) is 11.5 Å². The van der Waals surface area contributed by atoms with Gasteiger partial charge in [-0.05, 0) is 34.9 Å². The first-order valence-corrected chi connectivity index (χ1v) is 9.48. The molecule has 0 aliphatic carbocycles. The zero-order valence-electron chi connectivity index (χ0n) is 16.7. The van der Waals surface area contributed by atoms with Gasteiger partial charge in [0.25, 0.3) is 5.91 Å². The maximum Gasteiger partial charge on any atom is 0.262 e. The molecule has 0 aromatic heterocycles. The zero-order valence-corrected chi connectivity index (χ0v) is 16.7. The van der Waals surface area contributed by atoms with Crippen molar-refractivity contribution in [3.05, 3.63) is 101 Å². The maximum absolute atomic E-state index is 12.4. The Kier molecular flexibility index (Phi) is 7.23. The molecule has 0 unspecified atom stereocenters. The van der Waals surface area contributed by atoms with Crippen molar-refractivity contribution in [2.75, 3.05) is 7.11 Å². The summed E-state index contributed by atoms with van der Waals surface area (Å²) in [5.74, 6) is 0.692. The number of hydrogen-bond donors (Lipinski definition) is 1. The monoisotopic (exact) mass is 398 g/mol. The highest BCUT2D eigenvalue weighted by Gasteiger charge is 2.11. The van der Waals surface area contributed by atoms with E-state index in [1.54, 1.807) is 25.3 Å². The number of hydrogen-bond acceptors (Lipinski definition) is 4. The van der Waals surface area contributed by atoms with Crippen LogP contribution in [0, 0.1) is 11.3 Å². The summed E-state index contributed by atoms with van der Waals surface area (Å²) < 4.78 is 11.3.